The first-order valence-electron chi connectivity index (χ1n) is 7.81. The Labute approximate surface area is 115 Å². The van der Waals surface area contributed by atoms with Crippen molar-refractivity contribution in [3.05, 3.63) is 0 Å². The molecule has 0 saturated heterocycles. The normalized spacial score (nSPS) is 15.7. The first-order valence-corrected chi connectivity index (χ1v) is 7.81. The van der Waals surface area contributed by atoms with E-state index in [1.165, 1.54) is 25.7 Å². The van der Waals surface area contributed by atoms with Crippen molar-refractivity contribution in [1.29, 1.82) is 0 Å². The van der Waals surface area contributed by atoms with Gasteiger partial charge in [0, 0.05) is 12.1 Å². The molecule has 0 aromatic carbocycles. The Kier molecular flexibility index (Phi) is 8.89. The molecule has 1 atom stereocenters. The number of hydrogen-bond acceptors (Lipinski definition) is 2. The molecule has 0 aliphatic heterocycles. The number of unbranched alkanes of at least 4 members (excludes halogenated alkanes) is 2. The van der Waals surface area contributed by atoms with Crippen molar-refractivity contribution in [2.45, 2.75) is 72.8 Å². The third kappa shape index (κ3) is 6.75. The average Bonchev–Trinajstić information content (AvgIpc) is 2.28. The molecule has 2 heteroatoms. The van der Waals surface area contributed by atoms with Gasteiger partial charge >= 0.3 is 0 Å². The summed E-state index contributed by atoms with van der Waals surface area (Å²) in [6.07, 6.45) is 5.07. The second-order valence-electron chi connectivity index (χ2n) is 6.75. The smallest absolute Gasteiger partial charge is 0.0275 e. The molecule has 0 bridgehead atoms. The molecule has 0 spiro atoms. The maximum atomic E-state index is 5.97. The summed E-state index contributed by atoms with van der Waals surface area (Å²) >= 11 is 0. The summed E-state index contributed by atoms with van der Waals surface area (Å²) in [6.45, 7) is 15.6. The largest absolute Gasteiger partial charge is 0.329 e. The van der Waals surface area contributed by atoms with Gasteiger partial charge in [-0.2, -0.15) is 0 Å². The second kappa shape index (κ2) is 8.92. The van der Waals surface area contributed by atoms with Gasteiger partial charge in [0.2, 0.25) is 0 Å². The number of rotatable bonds is 10. The van der Waals surface area contributed by atoms with E-state index >= 15 is 0 Å². The lowest BCUT2D eigenvalue weighted by Gasteiger charge is -2.34. The fourth-order valence-corrected chi connectivity index (χ4v) is 2.63. The molecule has 2 nitrogen and oxygen atoms in total. The van der Waals surface area contributed by atoms with Crippen LogP contribution in [0.1, 0.15) is 67.2 Å². The summed E-state index contributed by atoms with van der Waals surface area (Å²) in [5, 5.41) is 3.74. The fourth-order valence-electron chi connectivity index (χ4n) is 2.63. The Morgan fingerprint density at radius 3 is 2.00 bits per heavy atom. The molecule has 0 aromatic rings. The van der Waals surface area contributed by atoms with E-state index in [1.54, 1.807) is 0 Å². The van der Waals surface area contributed by atoms with Gasteiger partial charge in [0.1, 0.15) is 0 Å². The van der Waals surface area contributed by atoms with Crippen LogP contribution in [-0.2, 0) is 0 Å². The summed E-state index contributed by atoms with van der Waals surface area (Å²) in [5.41, 5.74) is 6.09. The predicted octanol–water partition coefficient (Wildman–Crippen LogP) is 3.80. The second-order valence-corrected chi connectivity index (χ2v) is 6.75. The van der Waals surface area contributed by atoms with Crippen molar-refractivity contribution < 1.29 is 0 Å². The average molecular weight is 256 g/mol. The molecule has 0 aliphatic rings. The van der Waals surface area contributed by atoms with E-state index < -0.39 is 0 Å². The van der Waals surface area contributed by atoms with Crippen molar-refractivity contribution in [3.8, 4) is 0 Å². The molecule has 0 heterocycles. The number of nitrogens with two attached hydrogens (primary N) is 1. The SMILES string of the molecule is CCCCCC(C)(CN)NCC(C(C)C)C(C)C. The zero-order valence-electron chi connectivity index (χ0n) is 13.6. The highest BCUT2D eigenvalue weighted by Crippen LogP contribution is 2.21. The standard InChI is InChI=1S/C16H36N2/c1-7-8-9-10-16(6,12-17)18-11-15(13(2)3)14(4)5/h13-15,18H,7-12,17H2,1-6H3. The zero-order valence-corrected chi connectivity index (χ0v) is 13.6. The molecule has 0 rings (SSSR count). The quantitative estimate of drug-likeness (QED) is 0.583. The van der Waals surface area contributed by atoms with Crippen molar-refractivity contribution in [2.24, 2.45) is 23.5 Å². The molecule has 0 saturated carbocycles. The van der Waals surface area contributed by atoms with Crippen LogP contribution in [0.25, 0.3) is 0 Å². The topological polar surface area (TPSA) is 38.0 Å². The minimum atomic E-state index is 0.122. The molecule has 110 valence electrons. The predicted molar refractivity (Wildman–Crippen MR) is 82.8 cm³/mol. The molecule has 0 amide bonds. The van der Waals surface area contributed by atoms with Crippen LogP contribution in [-0.4, -0.2) is 18.6 Å². The number of hydrogen-bond donors (Lipinski definition) is 2. The van der Waals surface area contributed by atoms with Gasteiger partial charge in [0.15, 0.2) is 0 Å². The fraction of sp³-hybridized carbons (Fsp3) is 1.00. The molecular weight excluding hydrogens is 220 g/mol. The van der Waals surface area contributed by atoms with Gasteiger partial charge in [-0.3, -0.25) is 0 Å². The first kappa shape index (κ1) is 17.9. The lowest BCUT2D eigenvalue weighted by molar-refractivity contribution is 0.230. The molecule has 0 aliphatic carbocycles. The van der Waals surface area contributed by atoms with Gasteiger partial charge in [-0.25, -0.2) is 0 Å². The summed E-state index contributed by atoms with van der Waals surface area (Å²) in [7, 11) is 0. The van der Waals surface area contributed by atoms with Gasteiger partial charge in [0.25, 0.3) is 0 Å². The van der Waals surface area contributed by atoms with E-state index in [9.17, 15) is 0 Å². The zero-order chi connectivity index (χ0) is 14.2. The highest BCUT2D eigenvalue weighted by molar-refractivity contribution is 4.85. The Balaban J connectivity index is 4.25. The summed E-state index contributed by atoms with van der Waals surface area (Å²) < 4.78 is 0. The van der Waals surface area contributed by atoms with Crippen LogP contribution < -0.4 is 11.1 Å². The van der Waals surface area contributed by atoms with Crippen LogP contribution in [0.4, 0.5) is 0 Å². The molecule has 3 N–H and O–H groups in total. The molecular formula is C16H36N2. The van der Waals surface area contributed by atoms with E-state index in [2.05, 4.69) is 46.9 Å². The lowest BCUT2D eigenvalue weighted by Crippen LogP contribution is -2.51. The minimum Gasteiger partial charge on any atom is -0.329 e. The van der Waals surface area contributed by atoms with Crippen molar-refractivity contribution in [1.82, 2.24) is 5.32 Å². The highest BCUT2D eigenvalue weighted by atomic mass is 15.0. The van der Waals surface area contributed by atoms with Gasteiger partial charge in [-0.1, -0.05) is 53.9 Å². The number of nitrogens with one attached hydrogen (secondary N) is 1. The van der Waals surface area contributed by atoms with E-state index in [0.29, 0.717) is 0 Å². The van der Waals surface area contributed by atoms with Crippen molar-refractivity contribution in [2.75, 3.05) is 13.1 Å². The van der Waals surface area contributed by atoms with Crippen LogP contribution >= 0.6 is 0 Å². The maximum absolute atomic E-state index is 5.97. The Bertz CT molecular complexity index is 193. The molecule has 0 aromatic heterocycles. The van der Waals surface area contributed by atoms with Gasteiger partial charge < -0.3 is 11.1 Å². The van der Waals surface area contributed by atoms with Gasteiger partial charge in [0.05, 0.1) is 0 Å². The highest BCUT2D eigenvalue weighted by Gasteiger charge is 2.25. The molecule has 0 fully saturated rings. The Morgan fingerprint density at radius 1 is 1.06 bits per heavy atom. The van der Waals surface area contributed by atoms with E-state index in [4.69, 9.17) is 5.73 Å². The van der Waals surface area contributed by atoms with Crippen LogP contribution in [0.3, 0.4) is 0 Å². The van der Waals surface area contributed by atoms with E-state index in [0.717, 1.165) is 30.8 Å². The Hall–Kier alpha value is -0.0800. The van der Waals surface area contributed by atoms with Crippen molar-refractivity contribution in [3.63, 3.8) is 0 Å². The molecule has 18 heavy (non-hydrogen) atoms. The summed E-state index contributed by atoms with van der Waals surface area (Å²) in [5.74, 6) is 2.20. The summed E-state index contributed by atoms with van der Waals surface area (Å²) in [6, 6.07) is 0. The van der Waals surface area contributed by atoms with E-state index in [-0.39, 0.29) is 5.54 Å². The molecule has 1 unspecified atom stereocenters. The van der Waals surface area contributed by atoms with Crippen molar-refractivity contribution >= 4 is 0 Å². The van der Waals surface area contributed by atoms with Crippen LogP contribution in [0.2, 0.25) is 0 Å². The van der Waals surface area contributed by atoms with Crippen LogP contribution in [0, 0.1) is 17.8 Å². The lowest BCUT2D eigenvalue weighted by atomic mass is 9.84. The Morgan fingerprint density at radius 2 is 1.61 bits per heavy atom. The third-order valence-corrected chi connectivity index (χ3v) is 4.26. The summed E-state index contributed by atoms with van der Waals surface area (Å²) in [4.78, 5) is 0. The van der Waals surface area contributed by atoms with Gasteiger partial charge in [-0.05, 0) is 37.6 Å². The first-order chi connectivity index (χ1) is 8.36. The van der Waals surface area contributed by atoms with Crippen LogP contribution in [0.5, 0.6) is 0 Å². The monoisotopic (exact) mass is 256 g/mol. The van der Waals surface area contributed by atoms with E-state index in [1.807, 2.05) is 0 Å². The maximum Gasteiger partial charge on any atom is 0.0275 e. The molecule has 0 radical (unpaired) electrons. The van der Waals surface area contributed by atoms with Crippen LogP contribution in [0.15, 0.2) is 0 Å². The van der Waals surface area contributed by atoms with Gasteiger partial charge in [-0.15, -0.1) is 0 Å². The third-order valence-electron chi connectivity index (χ3n) is 4.26. The minimum absolute atomic E-state index is 0.122.